The van der Waals surface area contributed by atoms with E-state index in [2.05, 4.69) is 148 Å². The summed E-state index contributed by atoms with van der Waals surface area (Å²) in [6, 6.07) is 0. The molecule has 0 radical (unpaired) electrons. The largest absolute Gasteiger partial charge is 0.756 e. The number of rotatable bonds is 47. The van der Waals surface area contributed by atoms with Gasteiger partial charge < -0.3 is 27.9 Å². The zero-order valence-corrected chi connectivity index (χ0v) is 45.5. The smallest absolute Gasteiger partial charge is 0.306 e. The fraction of sp³-hybridized carbons (Fsp3) is 0.600. The molecule has 0 aliphatic rings. The molecule has 0 spiro atoms. The van der Waals surface area contributed by atoms with E-state index in [-0.39, 0.29) is 26.1 Å². The number of hydrogen-bond acceptors (Lipinski definition) is 8. The van der Waals surface area contributed by atoms with E-state index >= 15 is 0 Å². The molecule has 0 rings (SSSR count). The van der Waals surface area contributed by atoms with Gasteiger partial charge in [0.1, 0.15) is 19.8 Å². The second-order valence-corrected chi connectivity index (χ2v) is 19.9. The number of hydrogen-bond donors (Lipinski definition) is 0. The average molecular weight is 992 g/mol. The number of ether oxygens (including phenoxy) is 2. The first-order chi connectivity index (χ1) is 34.0. The highest BCUT2D eigenvalue weighted by Crippen LogP contribution is 2.38. The second kappa shape index (κ2) is 50.1. The van der Waals surface area contributed by atoms with Crippen LogP contribution in [0, 0.1) is 0 Å². The number of quaternary nitrogens is 1. The van der Waals surface area contributed by atoms with Crippen molar-refractivity contribution in [2.24, 2.45) is 0 Å². The number of carbonyl (C=O) groups is 2. The second-order valence-electron chi connectivity index (χ2n) is 18.5. The van der Waals surface area contributed by atoms with Gasteiger partial charge in [-0.2, -0.15) is 0 Å². The minimum absolute atomic E-state index is 0.0460. The molecule has 0 aromatic rings. The minimum Gasteiger partial charge on any atom is -0.756 e. The summed E-state index contributed by atoms with van der Waals surface area (Å²) in [6.07, 6.45) is 71.9. The molecule has 0 aromatic carbocycles. The first-order valence-corrected chi connectivity index (χ1v) is 28.4. The van der Waals surface area contributed by atoms with Crippen LogP contribution in [0.3, 0.4) is 0 Å². The fourth-order valence-corrected chi connectivity index (χ4v) is 7.29. The van der Waals surface area contributed by atoms with Gasteiger partial charge in [-0.15, -0.1) is 0 Å². The maximum Gasteiger partial charge on any atom is 0.306 e. The Bertz CT molecular complexity index is 1640. The number of nitrogens with zero attached hydrogens (tertiary/aromatic N) is 1. The van der Waals surface area contributed by atoms with Gasteiger partial charge in [-0.1, -0.05) is 192 Å². The average Bonchev–Trinajstić information content (AvgIpc) is 3.32. The molecule has 0 amide bonds. The number of likely N-dealkylation sites (N-methyl/N-ethyl adjacent to an activating group) is 1. The van der Waals surface area contributed by atoms with Crippen molar-refractivity contribution in [1.29, 1.82) is 0 Å². The van der Waals surface area contributed by atoms with Crippen LogP contribution in [0.25, 0.3) is 0 Å². The van der Waals surface area contributed by atoms with Crippen molar-refractivity contribution in [2.45, 2.75) is 187 Å². The normalized spacial score (nSPS) is 14.4. The molecule has 396 valence electrons. The lowest BCUT2D eigenvalue weighted by Gasteiger charge is -2.28. The number of unbranched alkanes of at least 4 members (excludes halogenated alkanes) is 11. The van der Waals surface area contributed by atoms with Gasteiger partial charge in [0.05, 0.1) is 27.7 Å². The Morgan fingerprint density at radius 3 is 1.14 bits per heavy atom. The molecular weight excluding hydrogens is 894 g/mol. The highest BCUT2D eigenvalue weighted by Gasteiger charge is 2.21. The Hall–Kier alpha value is -3.85. The number of carbonyl (C=O) groups excluding carboxylic acids is 2. The minimum atomic E-state index is -4.65. The molecule has 0 bridgehead atoms. The van der Waals surface area contributed by atoms with Crippen LogP contribution in [0.4, 0.5) is 0 Å². The van der Waals surface area contributed by atoms with Gasteiger partial charge in [0.15, 0.2) is 6.10 Å². The maximum absolute atomic E-state index is 12.8. The van der Waals surface area contributed by atoms with E-state index in [1.165, 1.54) is 0 Å². The highest BCUT2D eigenvalue weighted by molar-refractivity contribution is 7.45. The third kappa shape index (κ3) is 53.5. The van der Waals surface area contributed by atoms with E-state index in [0.717, 1.165) is 141 Å². The summed E-state index contributed by atoms with van der Waals surface area (Å²) in [7, 11) is 1.12. The molecule has 0 N–H and O–H groups in total. The van der Waals surface area contributed by atoms with Crippen molar-refractivity contribution >= 4 is 19.8 Å². The fourth-order valence-electron chi connectivity index (χ4n) is 6.57. The zero-order chi connectivity index (χ0) is 51.3. The molecule has 0 aliphatic heterocycles. The molecule has 0 heterocycles. The number of esters is 2. The van der Waals surface area contributed by atoms with Gasteiger partial charge in [0.25, 0.3) is 7.82 Å². The summed E-state index contributed by atoms with van der Waals surface area (Å²) in [5, 5.41) is 0. The van der Waals surface area contributed by atoms with Gasteiger partial charge in [-0.25, -0.2) is 0 Å². The van der Waals surface area contributed by atoms with Crippen molar-refractivity contribution in [3.8, 4) is 0 Å². The van der Waals surface area contributed by atoms with Crippen LogP contribution in [-0.4, -0.2) is 70.0 Å². The van der Waals surface area contributed by atoms with Crippen LogP contribution in [-0.2, 0) is 32.7 Å². The Morgan fingerprint density at radius 1 is 0.443 bits per heavy atom. The molecule has 0 aromatic heterocycles. The number of phosphoric ester groups is 1. The zero-order valence-electron chi connectivity index (χ0n) is 44.7. The third-order valence-corrected chi connectivity index (χ3v) is 11.6. The van der Waals surface area contributed by atoms with Crippen LogP contribution in [0.2, 0.25) is 0 Å². The first kappa shape index (κ1) is 66.2. The predicted octanol–water partition coefficient (Wildman–Crippen LogP) is 15.9. The number of phosphoric acid groups is 1. The van der Waals surface area contributed by atoms with Crippen LogP contribution in [0.15, 0.2) is 134 Å². The van der Waals surface area contributed by atoms with Crippen LogP contribution in [0.1, 0.15) is 181 Å². The molecule has 0 aliphatic carbocycles. The van der Waals surface area contributed by atoms with Gasteiger partial charge in [0, 0.05) is 12.8 Å². The van der Waals surface area contributed by atoms with Gasteiger partial charge in [-0.05, 0) is 109 Å². The monoisotopic (exact) mass is 992 g/mol. The molecule has 0 fully saturated rings. The van der Waals surface area contributed by atoms with Crippen LogP contribution >= 0.6 is 7.82 Å². The van der Waals surface area contributed by atoms with Crippen LogP contribution in [0.5, 0.6) is 0 Å². The summed E-state index contributed by atoms with van der Waals surface area (Å²) in [5.74, 6) is -0.885. The van der Waals surface area contributed by atoms with Crippen LogP contribution < -0.4 is 4.89 Å². The van der Waals surface area contributed by atoms with E-state index in [1.54, 1.807) is 0 Å². The van der Waals surface area contributed by atoms with E-state index in [9.17, 15) is 19.0 Å². The van der Waals surface area contributed by atoms with E-state index in [4.69, 9.17) is 18.5 Å². The summed E-state index contributed by atoms with van der Waals surface area (Å²) >= 11 is 0. The molecule has 0 saturated carbocycles. The Balaban J connectivity index is 4.34. The Morgan fingerprint density at radius 2 is 0.771 bits per heavy atom. The van der Waals surface area contributed by atoms with Gasteiger partial charge in [-0.3, -0.25) is 14.2 Å². The van der Waals surface area contributed by atoms with Gasteiger partial charge in [0.2, 0.25) is 0 Å². The molecule has 2 unspecified atom stereocenters. The Labute approximate surface area is 428 Å². The molecule has 9 nitrogen and oxygen atoms in total. The molecular formula is C60H98NO8P. The maximum atomic E-state index is 12.8. The lowest BCUT2D eigenvalue weighted by Crippen LogP contribution is -2.37. The molecule has 70 heavy (non-hydrogen) atoms. The third-order valence-electron chi connectivity index (χ3n) is 10.7. The Kier molecular flexibility index (Phi) is 47.3. The summed E-state index contributed by atoms with van der Waals surface area (Å²) in [4.78, 5) is 37.8. The quantitative estimate of drug-likeness (QED) is 0.0195. The van der Waals surface area contributed by atoms with E-state index < -0.39 is 32.5 Å². The lowest BCUT2D eigenvalue weighted by atomic mass is 10.1. The van der Waals surface area contributed by atoms with Crippen molar-refractivity contribution in [3.05, 3.63) is 134 Å². The van der Waals surface area contributed by atoms with Crippen molar-refractivity contribution in [2.75, 3.05) is 47.5 Å². The van der Waals surface area contributed by atoms with E-state index in [1.807, 2.05) is 21.1 Å². The standard InChI is InChI=1S/C60H98NO8P/c1-6-8-10-12-14-16-18-20-22-24-26-27-28-29-30-31-32-33-35-37-39-41-43-45-47-49-51-53-60(63)69-58(57-68-70(64,65)67-55-54-61(3,4)5)56-66-59(62)52-50-48-46-44-42-40-38-36-34-25-23-21-19-17-15-13-11-9-7-2/h8-11,14-17,20-23,26-27,29-30,32-34,36-37,39,58H,6-7,12-13,18-19,24-25,28,31,35,38,40-57H2,1-5H3/b10-8-,11-9-,16-14-,17-15-,22-20-,23-21-,27-26-,30-29-,33-32-,36-34-,39-37-. The molecule has 2 atom stereocenters. The topological polar surface area (TPSA) is 111 Å². The van der Waals surface area contributed by atoms with Crippen molar-refractivity contribution in [3.63, 3.8) is 0 Å². The van der Waals surface area contributed by atoms with Crippen molar-refractivity contribution < 1.29 is 42.1 Å². The molecule has 0 saturated heterocycles. The first-order valence-electron chi connectivity index (χ1n) is 26.9. The summed E-state index contributed by atoms with van der Waals surface area (Å²) < 4.78 is 34.1. The lowest BCUT2D eigenvalue weighted by molar-refractivity contribution is -0.870. The summed E-state index contributed by atoms with van der Waals surface area (Å²) in [6.45, 7) is 3.94. The van der Waals surface area contributed by atoms with E-state index in [0.29, 0.717) is 23.9 Å². The molecule has 10 heteroatoms. The number of allylic oxidation sites excluding steroid dienone is 22. The SMILES string of the molecule is CC/C=C\C/C=C\C/C=C\C/C=C\C/C=C\C/C=C\C/C=C\CCCCCCCC(=O)OC(COC(=O)CCCCCCCC/C=C\C/C=C\C/C=C\C/C=C\CC)COP(=O)([O-])OCC[N+](C)(C)C. The summed E-state index contributed by atoms with van der Waals surface area (Å²) in [5.41, 5.74) is 0. The predicted molar refractivity (Wildman–Crippen MR) is 295 cm³/mol. The highest BCUT2D eigenvalue weighted by atomic mass is 31.2. The van der Waals surface area contributed by atoms with Gasteiger partial charge >= 0.3 is 11.9 Å². The van der Waals surface area contributed by atoms with Crippen molar-refractivity contribution in [1.82, 2.24) is 0 Å².